The van der Waals surface area contributed by atoms with Crippen LogP contribution < -0.4 is 0 Å². The number of rotatable bonds is 4. The molecule has 0 saturated heterocycles. The van der Waals surface area contributed by atoms with Crippen molar-refractivity contribution in [2.24, 2.45) is 0 Å². The smallest absolute Gasteiger partial charge is 0.310 e. The molecule has 0 saturated carbocycles. The molecule has 0 aromatic carbocycles. The van der Waals surface area contributed by atoms with Gasteiger partial charge in [-0.3, -0.25) is 10.1 Å². The molecular weight excluding hydrogens is 264 g/mol. The van der Waals surface area contributed by atoms with Crippen LogP contribution in [0.25, 0.3) is 10.7 Å². The van der Waals surface area contributed by atoms with Crippen LogP contribution in [0.15, 0.2) is 12.1 Å². The van der Waals surface area contributed by atoms with E-state index in [-0.39, 0.29) is 10.9 Å². The largest absolute Gasteiger partial charge is 0.324 e. The quantitative estimate of drug-likeness (QED) is 0.487. The zero-order chi connectivity index (χ0) is 12.4. The van der Waals surface area contributed by atoms with E-state index < -0.39 is 4.92 Å². The number of aromatic nitrogens is 3. The Balaban J connectivity index is 2.45. The molecule has 0 bridgehead atoms. The number of nitro groups is 1. The summed E-state index contributed by atoms with van der Waals surface area (Å²) in [6.07, 6.45) is 0. The molecule has 0 N–H and O–H groups in total. The molecule has 6 nitrogen and oxygen atoms in total. The van der Waals surface area contributed by atoms with Gasteiger partial charge in [0.2, 0.25) is 0 Å². The molecule has 0 spiro atoms. The second-order valence-electron chi connectivity index (χ2n) is 3.21. The molecule has 90 valence electrons. The van der Waals surface area contributed by atoms with Crippen molar-refractivity contribution in [3.05, 3.63) is 28.1 Å². The maximum Gasteiger partial charge on any atom is 0.324 e. The normalized spacial score (nSPS) is 10.7. The van der Waals surface area contributed by atoms with Crippen molar-refractivity contribution in [2.75, 3.05) is 0 Å². The average Bonchev–Trinajstić information content (AvgIpc) is 2.94. The fraction of sp³-hybridized carbons (Fsp3) is 0.333. The van der Waals surface area contributed by atoms with E-state index in [0.717, 1.165) is 16.2 Å². The molecule has 2 aromatic heterocycles. The Morgan fingerprint density at radius 2 is 2.29 bits per heavy atom. The van der Waals surface area contributed by atoms with Crippen LogP contribution in [0, 0.1) is 10.1 Å². The predicted molar refractivity (Wildman–Crippen MR) is 65.2 cm³/mol. The summed E-state index contributed by atoms with van der Waals surface area (Å²) in [5, 5.41) is 18.7. The lowest BCUT2D eigenvalue weighted by Crippen LogP contribution is -2.01. The van der Waals surface area contributed by atoms with Crippen LogP contribution >= 0.6 is 22.9 Å². The highest BCUT2D eigenvalue weighted by molar-refractivity contribution is 7.18. The van der Waals surface area contributed by atoms with Crippen molar-refractivity contribution in [3.8, 4) is 10.7 Å². The first-order valence-corrected chi connectivity index (χ1v) is 6.25. The highest BCUT2D eigenvalue weighted by Crippen LogP contribution is 2.31. The summed E-state index contributed by atoms with van der Waals surface area (Å²) in [5.41, 5.74) is 0. The van der Waals surface area contributed by atoms with Gasteiger partial charge in [-0.25, -0.2) is 0 Å². The third-order valence-corrected chi connectivity index (χ3v) is 3.53. The molecule has 0 aliphatic carbocycles. The van der Waals surface area contributed by atoms with Gasteiger partial charge in [0.15, 0.2) is 5.82 Å². The Labute approximate surface area is 106 Å². The van der Waals surface area contributed by atoms with Gasteiger partial charge in [-0.15, -0.1) is 21.8 Å². The molecule has 0 amide bonds. The highest BCUT2D eigenvalue weighted by Gasteiger charge is 2.17. The molecular formula is C9H9ClN4O2S. The van der Waals surface area contributed by atoms with E-state index in [1.165, 1.54) is 6.07 Å². The summed E-state index contributed by atoms with van der Waals surface area (Å²) in [6, 6.07) is 3.14. The summed E-state index contributed by atoms with van der Waals surface area (Å²) < 4.78 is 1.85. The van der Waals surface area contributed by atoms with Crippen molar-refractivity contribution < 1.29 is 4.92 Å². The second-order valence-corrected chi connectivity index (χ2v) is 4.54. The lowest BCUT2D eigenvalue weighted by molar-refractivity contribution is -0.380. The first-order chi connectivity index (χ1) is 8.17. The Kier molecular flexibility index (Phi) is 3.39. The van der Waals surface area contributed by atoms with E-state index in [0.29, 0.717) is 18.2 Å². The van der Waals surface area contributed by atoms with Gasteiger partial charge in [0.1, 0.15) is 5.82 Å². The third-order valence-electron chi connectivity index (χ3n) is 2.26. The van der Waals surface area contributed by atoms with Crippen LogP contribution in [-0.2, 0) is 12.4 Å². The van der Waals surface area contributed by atoms with E-state index in [4.69, 9.17) is 11.6 Å². The molecule has 0 atom stereocenters. The van der Waals surface area contributed by atoms with Gasteiger partial charge >= 0.3 is 5.00 Å². The van der Waals surface area contributed by atoms with Gasteiger partial charge in [0, 0.05) is 12.6 Å². The molecule has 2 rings (SSSR count). The number of thiophene rings is 1. The fourth-order valence-corrected chi connectivity index (χ4v) is 2.51. The van der Waals surface area contributed by atoms with Crippen molar-refractivity contribution in [1.29, 1.82) is 0 Å². The first-order valence-electron chi connectivity index (χ1n) is 4.90. The van der Waals surface area contributed by atoms with E-state index in [9.17, 15) is 10.1 Å². The fourth-order valence-electron chi connectivity index (χ4n) is 1.49. The lowest BCUT2D eigenvalue weighted by Gasteiger charge is -2.03. The van der Waals surface area contributed by atoms with Crippen LogP contribution in [0.5, 0.6) is 0 Å². The molecule has 0 aliphatic heterocycles. The number of halogens is 1. The van der Waals surface area contributed by atoms with E-state index >= 15 is 0 Å². The summed E-state index contributed by atoms with van der Waals surface area (Å²) in [7, 11) is 0. The zero-order valence-electron chi connectivity index (χ0n) is 8.96. The van der Waals surface area contributed by atoms with Gasteiger partial charge < -0.3 is 4.57 Å². The summed E-state index contributed by atoms with van der Waals surface area (Å²) in [5.74, 6) is 1.57. The minimum absolute atomic E-state index is 0.0954. The second kappa shape index (κ2) is 4.80. The monoisotopic (exact) mass is 272 g/mol. The molecule has 0 radical (unpaired) electrons. The molecule has 8 heteroatoms. The number of nitrogens with zero attached hydrogens (tertiary/aromatic N) is 4. The predicted octanol–water partition coefficient (Wildman–Crippen LogP) is 2.67. The van der Waals surface area contributed by atoms with E-state index in [2.05, 4.69) is 10.2 Å². The van der Waals surface area contributed by atoms with E-state index in [1.54, 1.807) is 6.07 Å². The summed E-state index contributed by atoms with van der Waals surface area (Å²) >= 11 is 6.82. The van der Waals surface area contributed by atoms with Gasteiger partial charge in [-0.1, -0.05) is 11.3 Å². The maximum absolute atomic E-state index is 10.6. The Morgan fingerprint density at radius 1 is 1.53 bits per heavy atom. The molecule has 0 fully saturated rings. The lowest BCUT2D eigenvalue weighted by atomic mass is 10.4. The van der Waals surface area contributed by atoms with Crippen LogP contribution in [-0.4, -0.2) is 19.7 Å². The average molecular weight is 273 g/mol. The molecule has 2 aromatic rings. The minimum Gasteiger partial charge on any atom is -0.310 e. The highest BCUT2D eigenvalue weighted by atomic mass is 35.5. The molecule has 0 unspecified atom stereocenters. The van der Waals surface area contributed by atoms with Crippen LogP contribution in [0.4, 0.5) is 5.00 Å². The SMILES string of the molecule is CCn1c(CCl)nnc1-c1ccc([N+](=O)[O-])s1. The number of hydrogen-bond acceptors (Lipinski definition) is 5. The molecule has 2 heterocycles. The van der Waals surface area contributed by atoms with Gasteiger partial charge in [-0.2, -0.15) is 0 Å². The Hall–Kier alpha value is -1.47. The van der Waals surface area contributed by atoms with Crippen molar-refractivity contribution in [1.82, 2.24) is 14.8 Å². The van der Waals surface area contributed by atoms with Crippen LogP contribution in [0.1, 0.15) is 12.7 Å². The first kappa shape index (κ1) is 12.0. The minimum atomic E-state index is -0.413. The third kappa shape index (κ3) is 2.16. The zero-order valence-corrected chi connectivity index (χ0v) is 10.5. The van der Waals surface area contributed by atoms with Gasteiger partial charge in [-0.05, 0) is 13.0 Å². The van der Waals surface area contributed by atoms with Crippen molar-refractivity contribution in [3.63, 3.8) is 0 Å². The standard InChI is InChI=1S/C9H9ClN4O2S/c1-2-13-7(5-10)11-12-9(13)6-3-4-8(17-6)14(15)16/h3-4H,2,5H2,1H3. The Morgan fingerprint density at radius 3 is 2.82 bits per heavy atom. The van der Waals surface area contributed by atoms with E-state index in [1.807, 2.05) is 11.5 Å². The molecule has 0 aliphatic rings. The molecule has 17 heavy (non-hydrogen) atoms. The van der Waals surface area contributed by atoms with Gasteiger partial charge in [0.25, 0.3) is 0 Å². The maximum atomic E-state index is 10.6. The van der Waals surface area contributed by atoms with Crippen LogP contribution in [0.2, 0.25) is 0 Å². The van der Waals surface area contributed by atoms with Crippen molar-refractivity contribution in [2.45, 2.75) is 19.3 Å². The number of hydrogen-bond donors (Lipinski definition) is 0. The summed E-state index contributed by atoms with van der Waals surface area (Å²) in [6.45, 7) is 2.63. The Bertz CT molecular complexity index is 551. The van der Waals surface area contributed by atoms with Gasteiger partial charge in [0.05, 0.1) is 15.7 Å². The van der Waals surface area contributed by atoms with Crippen molar-refractivity contribution >= 4 is 27.9 Å². The summed E-state index contributed by atoms with van der Waals surface area (Å²) in [4.78, 5) is 10.9. The number of alkyl halides is 1. The topological polar surface area (TPSA) is 73.8 Å². The van der Waals surface area contributed by atoms with Crippen LogP contribution in [0.3, 0.4) is 0 Å².